The van der Waals surface area contributed by atoms with Crippen LogP contribution in [0.4, 0.5) is 17.3 Å². The van der Waals surface area contributed by atoms with E-state index in [2.05, 4.69) is 26.5 Å². The van der Waals surface area contributed by atoms with Crippen LogP contribution in [0.25, 0.3) is 10.8 Å². The Labute approximate surface area is 193 Å². The fourth-order valence-corrected chi connectivity index (χ4v) is 5.19. The first-order valence-electron chi connectivity index (χ1n) is 11.3. The van der Waals surface area contributed by atoms with E-state index >= 15 is 0 Å². The van der Waals surface area contributed by atoms with Gasteiger partial charge in [0.15, 0.2) is 11.6 Å². The minimum absolute atomic E-state index is 0.131. The van der Waals surface area contributed by atoms with E-state index in [-0.39, 0.29) is 6.10 Å². The summed E-state index contributed by atoms with van der Waals surface area (Å²) in [6.07, 6.45) is 3.81. The van der Waals surface area contributed by atoms with Crippen molar-refractivity contribution < 1.29 is 9.84 Å². The van der Waals surface area contributed by atoms with Crippen LogP contribution in [0.3, 0.4) is 0 Å². The van der Waals surface area contributed by atoms with E-state index in [1.165, 1.54) is 0 Å². The van der Waals surface area contributed by atoms with Crippen molar-refractivity contribution in [2.75, 3.05) is 36.1 Å². The minimum atomic E-state index is -0.131. The molecule has 5 rings (SSSR count). The molecule has 2 heterocycles. The van der Waals surface area contributed by atoms with Crippen molar-refractivity contribution in [1.82, 2.24) is 10.2 Å². The first kappa shape index (κ1) is 21.3. The summed E-state index contributed by atoms with van der Waals surface area (Å²) in [7, 11) is 1.59. The number of nitrogens with zero attached hydrogens (tertiary/aromatic N) is 4. The summed E-state index contributed by atoms with van der Waals surface area (Å²) in [5, 5.41) is 33.5. The highest BCUT2D eigenvalue weighted by Gasteiger charge is 2.45. The van der Waals surface area contributed by atoms with Gasteiger partial charge in [0.25, 0.3) is 0 Å². The molecule has 8 nitrogen and oxygen atoms in total. The van der Waals surface area contributed by atoms with Crippen molar-refractivity contribution in [2.24, 2.45) is 5.41 Å². The van der Waals surface area contributed by atoms with Crippen LogP contribution in [0.5, 0.6) is 5.75 Å². The van der Waals surface area contributed by atoms with Crippen LogP contribution in [0.1, 0.15) is 36.8 Å². The number of methoxy groups -OCH3 is 1. The van der Waals surface area contributed by atoms with E-state index in [4.69, 9.17) is 10.5 Å². The van der Waals surface area contributed by atoms with Crippen molar-refractivity contribution in [1.29, 1.82) is 5.26 Å². The van der Waals surface area contributed by atoms with Gasteiger partial charge >= 0.3 is 0 Å². The number of nitrogens with one attached hydrogen (secondary N) is 1. The van der Waals surface area contributed by atoms with Crippen LogP contribution in [0.15, 0.2) is 36.4 Å². The summed E-state index contributed by atoms with van der Waals surface area (Å²) < 4.78 is 5.23. The number of nitriles is 1. The van der Waals surface area contributed by atoms with E-state index in [1.54, 1.807) is 7.11 Å². The normalized spacial score (nSPS) is 17.5. The Bertz CT molecular complexity index is 1220. The topological polar surface area (TPSA) is 120 Å². The first-order chi connectivity index (χ1) is 16.0. The predicted molar refractivity (Wildman–Crippen MR) is 128 cm³/mol. The van der Waals surface area contributed by atoms with Crippen LogP contribution < -0.4 is 20.7 Å². The van der Waals surface area contributed by atoms with Crippen molar-refractivity contribution in [3.63, 3.8) is 0 Å². The summed E-state index contributed by atoms with van der Waals surface area (Å²) in [4.78, 5) is 2.28. The number of aliphatic hydroxyl groups is 1. The molecule has 1 aliphatic heterocycles. The molecular formula is C25H28N6O2. The predicted octanol–water partition coefficient (Wildman–Crippen LogP) is 3.45. The second kappa shape index (κ2) is 8.41. The number of nitrogens with two attached hydrogens (primary N) is 1. The quantitative estimate of drug-likeness (QED) is 0.512. The number of benzene rings is 2. The van der Waals surface area contributed by atoms with Gasteiger partial charge in [0.05, 0.1) is 30.5 Å². The van der Waals surface area contributed by atoms with Crippen molar-refractivity contribution in [3.05, 3.63) is 47.5 Å². The number of fused-ring (bicyclic) bond motifs is 1. The third-order valence-electron chi connectivity index (χ3n) is 7.10. The number of aliphatic hydroxyl groups excluding tert-OH is 1. The van der Waals surface area contributed by atoms with E-state index in [9.17, 15) is 10.4 Å². The molecule has 0 atom stereocenters. The molecule has 4 N–H and O–H groups in total. The van der Waals surface area contributed by atoms with Gasteiger partial charge in [0.2, 0.25) is 0 Å². The van der Waals surface area contributed by atoms with Crippen LogP contribution in [0, 0.1) is 16.7 Å². The molecule has 1 saturated carbocycles. The summed E-state index contributed by atoms with van der Waals surface area (Å²) in [5.74, 6) is 2.13. The van der Waals surface area contributed by atoms with Crippen LogP contribution in [0.2, 0.25) is 0 Å². The zero-order chi connectivity index (χ0) is 23.0. The van der Waals surface area contributed by atoms with Gasteiger partial charge in [-0.3, -0.25) is 0 Å². The van der Waals surface area contributed by atoms with Gasteiger partial charge in [0.1, 0.15) is 5.75 Å². The second-order valence-electron chi connectivity index (χ2n) is 9.22. The Hall–Kier alpha value is -3.57. The van der Waals surface area contributed by atoms with Crippen molar-refractivity contribution >= 4 is 28.1 Å². The lowest BCUT2D eigenvalue weighted by molar-refractivity contribution is -0.0464. The number of anilines is 3. The molecule has 1 aromatic heterocycles. The molecule has 1 spiro atoms. The highest BCUT2D eigenvalue weighted by molar-refractivity contribution is 5.99. The monoisotopic (exact) mass is 444 g/mol. The minimum Gasteiger partial charge on any atom is -0.495 e. The number of piperidine rings is 1. The fraction of sp³-hybridized carbons (Fsp3) is 0.400. The second-order valence-corrected chi connectivity index (χ2v) is 9.22. The Balaban J connectivity index is 1.41. The van der Waals surface area contributed by atoms with Crippen LogP contribution >= 0.6 is 0 Å². The van der Waals surface area contributed by atoms with Crippen LogP contribution in [-0.4, -0.2) is 41.6 Å². The zero-order valence-corrected chi connectivity index (χ0v) is 18.7. The number of ether oxygens (including phenoxy) is 1. The highest BCUT2D eigenvalue weighted by atomic mass is 16.5. The lowest BCUT2D eigenvalue weighted by atomic mass is 9.61. The maximum atomic E-state index is 9.76. The van der Waals surface area contributed by atoms with E-state index in [0.29, 0.717) is 34.8 Å². The zero-order valence-electron chi connectivity index (χ0n) is 18.7. The first-order valence-corrected chi connectivity index (χ1v) is 11.3. The molecule has 3 aromatic rings. The molecule has 0 amide bonds. The number of nitrogen functional groups attached to an aromatic ring is 1. The van der Waals surface area contributed by atoms with Gasteiger partial charge in [-0.05, 0) is 67.0 Å². The molecule has 2 aliphatic rings. The lowest BCUT2D eigenvalue weighted by Gasteiger charge is -2.50. The molecule has 0 unspecified atom stereocenters. The number of aromatic nitrogens is 2. The maximum absolute atomic E-state index is 9.76. The Kier molecular flexibility index (Phi) is 5.43. The van der Waals surface area contributed by atoms with Gasteiger partial charge in [-0.25, -0.2) is 0 Å². The Morgan fingerprint density at radius 1 is 1.18 bits per heavy atom. The number of hydrogen-bond donors (Lipinski definition) is 3. The summed E-state index contributed by atoms with van der Waals surface area (Å²) >= 11 is 0. The van der Waals surface area contributed by atoms with E-state index in [0.717, 1.165) is 60.9 Å². The van der Waals surface area contributed by atoms with Gasteiger partial charge < -0.3 is 25.8 Å². The highest BCUT2D eigenvalue weighted by Crippen LogP contribution is 2.49. The SMILES string of the molecule is COc1ccc(CNc2nnc(N3CCC4(CC3)CC(O)C4)c3ccc(C#N)cc23)cc1N. The number of rotatable bonds is 5. The molecular weight excluding hydrogens is 416 g/mol. The summed E-state index contributed by atoms with van der Waals surface area (Å²) in [6.45, 7) is 2.31. The molecule has 2 fully saturated rings. The molecule has 2 aromatic carbocycles. The van der Waals surface area contributed by atoms with Gasteiger partial charge in [-0.2, -0.15) is 5.26 Å². The van der Waals surface area contributed by atoms with Crippen LogP contribution in [-0.2, 0) is 6.54 Å². The summed E-state index contributed by atoms with van der Waals surface area (Å²) in [6, 6.07) is 13.6. The van der Waals surface area contributed by atoms with Gasteiger partial charge in [0, 0.05) is 30.4 Å². The van der Waals surface area contributed by atoms with Gasteiger partial charge in [-0.1, -0.05) is 6.07 Å². The lowest BCUT2D eigenvalue weighted by Crippen LogP contribution is -2.49. The molecule has 33 heavy (non-hydrogen) atoms. The molecule has 170 valence electrons. The van der Waals surface area contributed by atoms with Crippen molar-refractivity contribution in [3.8, 4) is 11.8 Å². The van der Waals surface area contributed by atoms with Crippen molar-refractivity contribution in [2.45, 2.75) is 38.3 Å². The Morgan fingerprint density at radius 3 is 2.64 bits per heavy atom. The van der Waals surface area contributed by atoms with E-state index < -0.39 is 0 Å². The number of hydrogen-bond acceptors (Lipinski definition) is 8. The van der Waals surface area contributed by atoms with E-state index in [1.807, 2.05) is 36.4 Å². The standard InChI is InChI=1S/C25H28N6O2/c1-33-22-5-3-17(11-21(22)27)15-28-23-20-10-16(14-26)2-4-19(20)24(30-29-23)31-8-6-25(7-9-31)12-18(32)13-25/h2-5,10-11,18,32H,6-9,12-13,15,27H2,1H3,(H,28,29). The molecule has 8 heteroatoms. The Morgan fingerprint density at radius 2 is 1.97 bits per heavy atom. The fourth-order valence-electron chi connectivity index (χ4n) is 5.19. The average molecular weight is 445 g/mol. The average Bonchev–Trinajstić information content (AvgIpc) is 2.82. The maximum Gasteiger partial charge on any atom is 0.159 e. The summed E-state index contributed by atoms with van der Waals surface area (Å²) in [5.41, 5.74) is 8.49. The largest absolute Gasteiger partial charge is 0.495 e. The third-order valence-corrected chi connectivity index (χ3v) is 7.10. The molecule has 1 aliphatic carbocycles. The third kappa shape index (κ3) is 4.00. The van der Waals surface area contributed by atoms with Gasteiger partial charge in [-0.15, -0.1) is 10.2 Å². The molecule has 0 bridgehead atoms. The smallest absolute Gasteiger partial charge is 0.159 e. The molecule has 1 saturated heterocycles. The molecule has 0 radical (unpaired) electrons.